The highest BCUT2D eigenvalue weighted by Crippen LogP contribution is 2.37. The number of phenolic OH excluding ortho intramolecular Hbond substituents is 3. The van der Waals surface area contributed by atoms with Crippen LogP contribution >= 0.6 is 0 Å². The molecule has 0 heterocycles. The predicted molar refractivity (Wildman–Crippen MR) is 246 cm³/mol. The fourth-order valence-electron chi connectivity index (χ4n) is 7.07. The van der Waals surface area contributed by atoms with E-state index >= 15 is 0 Å². The van der Waals surface area contributed by atoms with Crippen molar-refractivity contribution in [3.05, 3.63) is 233 Å². The van der Waals surface area contributed by atoms with Crippen molar-refractivity contribution in [1.29, 1.82) is 0 Å². The molecule has 0 saturated heterocycles. The quantitative estimate of drug-likeness (QED) is 0.113. The highest BCUT2D eigenvalue weighted by atomic mass is 16.3. The van der Waals surface area contributed by atoms with E-state index in [1.807, 2.05) is 146 Å². The number of Topliss-reactive ketones (excluding diaryl/α,β-unsaturated/α-hetero) is 1. The molecule has 1 aliphatic rings. The van der Waals surface area contributed by atoms with Gasteiger partial charge in [0.05, 0.1) is 40.1 Å². The van der Waals surface area contributed by atoms with Crippen LogP contribution in [-0.2, 0) is 4.79 Å². The van der Waals surface area contributed by atoms with Gasteiger partial charge < -0.3 is 15.3 Å². The maximum atomic E-state index is 14.3. The Balaban J connectivity index is 1.08. The molecule has 1 unspecified atom stereocenters. The van der Waals surface area contributed by atoms with Crippen molar-refractivity contribution in [3.63, 3.8) is 0 Å². The van der Waals surface area contributed by atoms with Crippen molar-refractivity contribution in [2.24, 2.45) is 20.0 Å². The maximum absolute atomic E-state index is 14.3. The van der Waals surface area contributed by atoms with E-state index in [9.17, 15) is 20.1 Å². The second kappa shape index (κ2) is 18.6. The summed E-state index contributed by atoms with van der Waals surface area (Å²) in [5.74, 6) is -0.720. The Hall–Kier alpha value is -8.23. The van der Waals surface area contributed by atoms with E-state index in [0.717, 1.165) is 11.1 Å². The van der Waals surface area contributed by atoms with Gasteiger partial charge in [0.25, 0.3) is 0 Å². The van der Waals surface area contributed by atoms with Crippen LogP contribution in [0.15, 0.2) is 220 Å². The van der Waals surface area contributed by atoms with Crippen LogP contribution in [0.1, 0.15) is 45.7 Å². The minimum absolute atomic E-state index is 0.0476. The number of carbonyl (C=O) groups is 1. The first kappa shape index (κ1) is 39.6. The molecule has 0 aromatic heterocycles. The molecule has 8 nitrogen and oxygen atoms in total. The van der Waals surface area contributed by atoms with Crippen LogP contribution < -0.4 is 0 Å². The van der Waals surface area contributed by atoms with Crippen molar-refractivity contribution < 1.29 is 20.1 Å². The number of allylic oxidation sites excluding steroid dienone is 4. The van der Waals surface area contributed by atoms with Crippen molar-refractivity contribution in [3.8, 4) is 17.2 Å². The lowest BCUT2D eigenvalue weighted by Crippen LogP contribution is -2.15. The fraction of sp³-hybridized carbons (Fsp3) is 0.0377. The van der Waals surface area contributed by atoms with E-state index < -0.39 is 5.92 Å². The third-order valence-electron chi connectivity index (χ3n) is 10.2. The standard InChI is InChI=1S/C53H40N4O4/c58-48-32-15-9-25-42(48)50(36-18-3-1-4-19-36)56-46-30-13-11-28-44(46)54-34-38-22-7-8-24-40(52(38)60)41-27-17-23-39(53(41)61)35-55-45-29-12-14-31-47(45)57-51(37-20-5-2-6-21-37)43-26-10-16-33-49(43)59/h1-23,25-35,40,58-59,61H,24H2. The highest BCUT2D eigenvalue weighted by Gasteiger charge is 2.27. The number of benzene rings is 7. The molecule has 296 valence electrons. The summed E-state index contributed by atoms with van der Waals surface area (Å²) in [6, 6.07) is 53.5. The first-order chi connectivity index (χ1) is 29.9. The monoisotopic (exact) mass is 796 g/mol. The van der Waals surface area contributed by atoms with Crippen LogP contribution in [0, 0.1) is 0 Å². The van der Waals surface area contributed by atoms with Gasteiger partial charge in [0, 0.05) is 51.4 Å². The number of aromatic hydroxyl groups is 3. The third kappa shape index (κ3) is 9.09. The Morgan fingerprint density at radius 1 is 0.508 bits per heavy atom. The van der Waals surface area contributed by atoms with Crippen LogP contribution in [-0.4, -0.2) is 45.0 Å². The SMILES string of the molecule is O=C1C(C=Nc2ccccc2N=C(c2ccccc2)c2ccccc2O)=CC=CCC1c1cccc(C=Nc2ccccc2N=C(c2ccccc2)c2ccccc2O)c1O. The van der Waals surface area contributed by atoms with Gasteiger partial charge in [-0.3, -0.25) is 14.8 Å². The third-order valence-corrected chi connectivity index (χ3v) is 10.2. The molecule has 1 aliphatic carbocycles. The van der Waals surface area contributed by atoms with Crippen LogP contribution in [0.2, 0.25) is 0 Å². The summed E-state index contributed by atoms with van der Waals surface area (Å²) in [4.78, 5) is 33.8. The molecule has 0 spiro atoms. The zero-order chi connectivity index (χ0) is 42.0. The summed E-state index contributed by atoms with van der Waals surface area (Å²) in [5, 5.41) is 33.2. The van der Waals surface area contributed by atoms with Gasteiger partial charge in [0.2, 0.25) is 0 Å². The van der Waals surface area contributed by atoms with E-state index in [-0.39, 0.29) is 23.0 Å². The summed E-state index contributed by atoms with van der Waals surface area (Å²) >= 11 is 0. The second-order valence-electron chi connectivity index (χ2n) is 14.2. The molecule has 8 heteroatoms. The average Bonchev–Trinajstić information content (AvgIpc) is 3.48. The van der Waals surface area contributed by atoms with Gasteiger partial charge in [-0.25, -0.2) is 9.98 Å². The second-order valence-corrected chi connectivity index (χ2v) is 14.2. The van der Waals surface area contributed by atoms with Crippen LogP contribution in [0.4, 0.5) is 22.7 Å². The van der Waals surface area contributed by atoms with Crippen LogP contribution in [0.25, 0.3) is 0 Å². The Bertz CT molecular complexity index is 2890. The van der Waals surface area contributed by atoms with E-state index in [1.54, 1.807) is 61.0 Å². The van der Waals surface area contributed by atoms with E-state index in [2.05, 4.69) is 0 Å². The molecule has 0 fully saturated rings. The van der Waals surface area contributed by atoms with E-state index in [0.29, 0.717) is 68.4 Å². The van der Waals surface area contributed by atoms with Gasteiger partial charge in [0.1, 0.15) is 17.2 Å². The summed E-state index contributed by atoms with van der Waals surface area (Å²) in [5.41, 5.74) is 7.44. The lowest BCUT2D eigenvalue weighted by molar-refractivity contribution is -0.116. The molecular weight excluding hydrogens is 757 g/mol. The molecule has 0 radical (unpaired) electrons. The lowest BCUT2D eigenvalue weighted by atomic mass is 9.87. The molecule has 3 N–H and O–H groups in total. The molecule has 8 rings (SSSR count). The first-order valence-electron chi connectivity index (χ1n) is 19.8. The van der Waals surface area contributed by atoms with E-state index in [4.69, 9.17) is 20.0 Å². The maximum Gasteiger partial charge on any atom is 0.172 e. The molecule has 7 aromatic rings. The Morgan fingerprint density at radius 3 is 1.52 bits per heavy atom. The number of hydrogen-bond acceptors (Lipinski definition) is 8. The molecule has 0 amide bonds. The van der Waals surface area contributed by atoms with Crippen LogP contribution in [0.3, 0.4) is 0 Å². The zero-order valence-corrected chi connectivity index (χ0v) is 33.0. The molecule has 0 bridgehead atoms. The number of carbonyl (C=O) groups excluding carboxylic acids is 1. The summed E-state index contributed by atoms with van der Waals surface area (Å²) < 4.78 is 0. The number of nitrogens with zero attached hydrogens (tertiary/aromatic N) is 4. The Labute approximate surface area is 354 Å². The minimum Gasteiger partial charge on any atom is -0.507 e. The molecule has 1 atom stereocenters. The van der Waals surface area contributed by atoms with Gasteiger partial charge in [-0.05, 0) is 61.0 Å². The minimum atomic E-state index is -0.687. The number of aliphatic imine (C=N–C) groups is 4. The number of ketones is 1. The molecule has 61 heavy (non-hydrogen) atoms. The van der Waals surface area contributed by atoms with Gasteiger partial charge in [-0.15, -0.1) is 0 Å². The van der Waals surface area contributed by atoms with Crippen molar-refractivity contribution >= 4 is 52.4 Å². The molecule has 0 aliphatic heterocycles. The first-order valence-corrected chi connectivity index (χ1v) is 19.8. The van der Waals surface area contributed by atoms with E-state index in [1.165, 1.54) is 0 Å². The van der Waals surface area contributed by atoms with Crippen molar-refractivity contribution in [2.45, 2.75) is 12.3 Å². The number of hydrogen-bond donors (Lipinski definition) is 3. The Kier molecular flexibility index (Phi) is 12.1. The van der Waals surface area contributed by atoms with Crippen molar-refractivity contribution in [2.75, 3.05) is 0 Å². The van der Waals surface area contributed by atoms with Gasteiger partial charge in [-0.1, -0.05) is 140 Å². The fourth-order valence-corrected chi connectivity index (χ4v) is 7.07. The summed E-state index contributed by atoms with van der Waals surface area (Å²) in [6.07, 6.45) is 8.95. The molecule has 0 saturated carbocycles. The lowest BCUT2D eigenvalue weighted by Gasteiger charge is -2.16. The topological polar surface area (TPSA) is 127 Å². The van der Waals surface area contributed by atoms with Crippen LogP contribution in [0.5, 0.6) is 17.2 Å². The average molecular weight is 797 g/mol. The zero-order valence-electron chi connectivity index (χ0n) is 33.0. The highest BCUT2D eigenvalue weighted by molar-refractivity contribution is 6.18. The van der Waals surface area contributed by atoms with Gasteiger partial charge in [-0.2, -0.15) is 0 Å². The largest absolute Gasteiger partial charge is 0.507 e. The molecular formula is C53H40N4O4. The predicted octanol–water partition coefficient (Wildman–Crippen LogP) is 11.8. The summed E-state index contributed by atoms with van der Waals surface area (Å²) in [6.45, 7) is 0. The molecule has 7 aromatic carbocycles. The summed E-state index contributed by atoms with van der Waals surface area (Å²) in [7, 11) is 0. The number of phenols is 3. The number of rotatable bonds is 11. The Morgan fingerprint density at radius 2 is 0.984 bits per heavy atom. The van der Waals surface area contributed by atoms with Crippen molar-refractivity contribution in [1.82, 2.24) is 0 Å². The smallest absolute Gasteiger partial charge is 0.172 e. The normalized spacial score (nSPS) is 14.7. The van der Waals surface area contributed by atoms with Gasteiger partial charge >= 0.3 is 0 Å². The van der Waals surface area contributed by atoms with Gasteiger partial charge in [0.15, 0.2) is 5.78 Å². The number of para-hydroxylation sites is 7.